The molecule has 0 spiro atoms. The van der Waals surface area contributed by atoms with Gasteiger partial charge in [0.15, 0.2) is 5.58 Å². The highest BCUT2D eigenvalue weighted by atomic mass is 16.5. The van der Waals surface area contributed by atoms with E-state index >= 15 is 0 Å². The third-order valence-corrected chi connectivity index (χ3v) is 4.45. The van der Waals surface area contributed by atoms with Gasteiger partial charge in [0.05, 0.1) is 18.3 Å². The number of furan rings is 1. The van der Waals surface area contributed by atoms with E-state index in [4.69, 9.17) is 9.15 Å². The van der Waals surface area contributed by atoms with Crippen LogP contribution in [-0.4, -0.2) is 66.2 Å². The molecule has 2 aliphatic heterocycles. The molecule has 21 heavy (non-hydrogen) atoms. The molecule has 4 heterocycles. The second-order valence-corrected chi connectivity index (χ2v) is 5.94. The number of esters is 1. The zero-order valence-electron chi connectivity index (χ0n) is 12.1. The smallest absolute Gasteiger partial charge is 0.355 e. The Bertz CT molecular complexity index is 667. The van der Waals surface area contributed by atoms with Gasteiger partial charge in [-0.2, -0.15) is 0 Å². The molecule has 2 aromatic heterocycles. The molecule has 0 saturated carbocycles. The van der Waals surface area contributed by atoms with Crippen LogP contribution in [0, 0.1) is 0 Å². The van der Waals surface area contributed by atoms with Crippen molar-refractivity contribution in [3.8, 4) is 0 Å². The molecule has 0 aromatic carbocycles. The molecule has 112 valence electrons. The first-order valence-corrected chi connectivity index (χ1v) is 7.39. The molecule has 2 aliphatic rings. The van der Waals surface area contributed by atoms with Crippen molar-refractivity contribution in [2.45, 2.75) is 12.6 Å². The molecule has 1 fully saturated rings. The summed E-state index contributed by atoms with van der Waals surface area (Å²) in [7, 11) is 2.14. The van der Waals surface area contributed by atoms with Gasteiger partial charge >= 0.3 is 5.97 Å². The van der Waals surface area contributed by atoms with Gasteiger partial charge in [0.25, 0.3) is 0 Å². The van der Waals surface area contributed by atoms with E-state index in [0.717, 1.165) is 43.8 Å². The van der Waals surface area contributed by atoms with E-state index in [1.165, 1.54) is 0 Å². The topological polar surface area (TPSA) is 50.9 Å². The molecule has 0 N–H and O–H groups in total. The van der Waals surface area contributed by atoms with Crippen molar-refractivity contribution in [1.82, 2.24) is 14.4 Å². The fraction of sp³-hybridized carbons (Fsp3) is 0.533. The van der Waals surface area contributed by atoms with Gasteiger partial charge in [-0.15, -0.1) is 0 Å². The average molecular weight is 289 g/mol. The van der Waals surface area contributed by atoms with Crippen LogP contribution in [0.4, 0.5) is 0 Å². The molecule has 0 aliphatic carbocycles. The lowest BCUT2D eigenvalue weighted by Crippen LogP contribution is -2.49. The second-order valence-electron chi connectivity index (χ2n) is 5.94. The summed E-state index contributed by atoms with van der Waals surface area (Å²) in [5.41, 5.74) is 2.33. The van der Waals surface area contributed by atoms with Crippen LogP contribution in [0.15, 0.2) is 22.8 Å². The molecule has 1 saturated heterocycles. The van der Waals surface area contributed by atoms with E-state index in [9.17, 15) is 4.79 Å². The van der Waals surface area contributed by atoms with Crippen molar-refractivity contribution in [3.63, 3.8) is 0 Å². The number of carbonyl (C=O) groups is 1. The number of likely N-dealkylation sites (N-methyl/N-ethyl adjacent to an activating group) is 1. The molecule has 0 bridgehead atoms. The lowest BCUT2D eigenvalue weighted by Gasteiger charge is -2.35. The van der Waals surface area contributed by atoms with Gasteiger partial charge < -0.3 is 18.6 Å². The fourth-order valence-corrected chi connectivity index (χ4v) is 3.21. The molecule has 4 rings (SSSR count). The monoisotopic (exact) mass is 289 g/mol. The molecule has 1 unspecified atom stereocenters. The molecule has 1 atom stereocenters. The lowest BCUT2D eigenvalue weighted by molar-refractivity contribution is 0.00143. The van der Waals surface area contributed by atoms with Gasteiger partial charge in [-0.05, 0) is 7.05 Å². The zero-order chi connectivity index (χ0) is 14.4. The number of nitrogens with zero attached hydrogens (tertiary/aromatic N) is 3. The van der Waals surface area contributed by atoms with Crippen molar-refractivity contribution in [2.75, 3.05) is 39.8 Å². The van der Waals surface area contributed by atoms with E-state index in [1.807, 2.05) is 10.6 Å². The van der Waals surface area contributed by atoms with E-state index in [1.54, 1.807) is 12.3 Å². The van der Waals surface area contributed by atoms with Crippen LogP contribution in [0.2, 0.25) is 0 Å². The van der Waals surface area contributed by atoms with Gasteiger partial charge in [0.2, 0.25) is 0 Å². The van der Waals surface area contributed by atoms with Crippen molar-refractivity contribution in [2.24, 2.45) is 0 Å². The Labute approximate surface area is 122 Å². The summed E-state index contributed by atoms with van der Waals surface area (Å²) in [5, 5.41) is 0. The molecule has 2 aromatic rings. The van der Waals surface area contributed by atoms with Crippen LogP contribution >= 0.6 is 0 Å². The predicted molar refractivity (Wildman–Crippen MR) is 77.3 cm³/mol. The number of cyclic esters (lactones) is 1. The van der Waals surface area contributed by atoms with Crippen LogP contribution in [-0.2, 0) is 11.3 Å². The number of rotatable bonds is 2. The summed E-state index contributed by atoms with van der Waals surface area (Å²) in [6.07, 6.45) is 1.58. The lowest BCUT2D eigenvalue weighted by atomic mass is 10.2. The maximum absolute atomic E-state index is 12.1. The Morgan fingerprint density at radius 2 is 2.10 bits per heavy atom. The standard InChI is InChI=1S/C15H19N3O3/c1-16-3-5-17(6-4-16)9-11-10-18-12-2-7-20-14(12)8-13(18)15(19)21-11/h2,7-8,11H,3-6,9-10H2,1H3. The van der Waals surface area contributed by atoms with Gasteiger partial charge in [0.1, 0.15) is 11.8 Å². The van der Waals surface area contributed by atoms with Crippen LogP contribution < -0.4 is 0 Å². The first-order chi connectivity index (χ1) is 10.2. The Morgan fingerprint density at radius 1 is 1.29 bits per heavy atom. The number of hydrogen-bond acceptors (Lipinski definition) is 5. The minimum Gasteiger partial charge on any atom is -0.463 e. The Balaban J connectivity index is 1.52. The highest BCUT2D eigenvalue weighted by molar-refractivity contribution is 5.94. The zero-order valence-corrected chi connectivity index (χ0v) is 12.1. The fourth-order valence-electron chi connectivity index (χ4n) is 3.21. The summed E-state index contributed by atoms with van der Waals surface area (Å²) >= 11 is 0. The van der Waals surface area contributed by atoms with Crippen LogP contribution in [0.25, 0.3) is 11.1 Å². The Hall–Kier alpha value is -1.79. The molecule has 6 heteroatoms. The highest BCUT2D eigenvalue weighted by Crippen LogP contribution is 2.26. The van der Waals surface area contributed by atoms with Gasteiger partial charge in [-0.1, -0.05) is 0 Å². The number of fused-ring (bicyclic) bond motifs is 3. The third-order valence-electron chi connectivity index (χ3n) is 4.45. The van der Waals surface area contributed by atoms with E-state index in [2.05, 4.69) is 16.8 Å². The van der Waals surface area contributed by atoms with Gasteiger partial charge in [-0.25, -0.2) is 4.79 Å². The molecule has 6 nitrogen and oxygen atoms in total. The van der Waals surface area contributed by atoms with E-state index in [-0.39, 0.29) is 12.1 Å². The number of carbonyl (C=O) groups excluding carboxylic acids is 1. The second kappa shape index (κ2) is 4.89. The van der Waals surface area contributed by atoms with Crippen molar-refractivity contribution >= 4 is 17.1 Å². The van der Waals surface area contributed by atoms with Crippen molar-refractivity contribution < 1.29 is 13.9 Å². The summed E-state index contributed by atoms with van der Waals surface area (Å²) in [6.45, 7) is 5.71. The van der Waals surface area contributed by atoms with Crippen LogP contribution in [0.3, 0.4) is 0 Å². The minimum atomic E-state index is -0.244. The summed E-state index contributed by atoms with van der Waals surface area (Å²) in [6, 6.07) is 3.67. The molecular weight excluding hydrogens is 270 g/mol. The summed E-state index contributed by atoms with van der Waals surface area (Å²) in [4.78, 5) is 16.8. The quantitative estimate of drug-likeness (QED) is 0.773. The molecule has 0 radical (unpaired) electrons. The summed E-state index contributed by atoms with van der Waals surface area (Å²) < 4.78 is 13.0. The number of aromatic nitrogens is 1. The SMILES string of the molecule is CN1CCN(CC2Cn3c(cc4occc43)C(=O)O2)CC1. The third kappa shape index (κ3) is 2.24. The maximum Gasteiger partial charge on any atom is 0.355 e. The van der Waals surface area contributed by atoms with Gasteiger partial charge in [-0.3, -0.25) is 4.90 Å². The van der Waals surface area contributed by atoms with Crippen LogP contribution in [0.5, 0.6) is 0 Å². The number of hydrogen-bond donors (Lipinski definition) is 0. The predicted octanol–water partition coefficient (Wildman–Crippen LogP) is 1.02. The number of ether oxygens (including phenoxy) is 1. The first-order valence-electron chi connectivity index (χ1n) is 7.39. The van der Waals surface area contributed by atoms with E-state index < -0.39 is 0 Å². The van der Waals surface area contributed by atoms with Crippen LogP contribution in [0.1, 0.15) is 10.5 Å². The average Bonchev–Trinajstić information content (AvgIpc) is 3.04. The molecular formula is C15H19N3O3. The highest BCUT2D eigenvalue weighted by Gasteiger charge is 2.30. The van der Waals surface area contributed by atoms with Crippen molar-refractivity contribution in [1.29, 1.82) is 0 Å². The summed E-state index contributed by atoms with van der Waals surface area (Å²) in [5.74, 6) is -0.244. The largest absolute Gasteiger partial charge is 0.463 e. The maximum atomic E-state index is 12.1. The van der Waals surface area contributed by atoms with E-state index in [0.29, 0.717) is 12.2 Å². The number of piperazine rings is 1. The minimum absolute atomic E-state index is 0.0843. The molecule has 0 amide bonds. The van der Waals surface area contributed by atoms with Crippen molar-refractivity contribution in [3.05, 3.63) is 24.1 Å². The first kappa shape index (κ1) is 12.9. The normalized spacial score (nSPS) is 24.2. The van der Waals surface area contributed by atoms with Gasteiger partial charge in [0, 0.05) is 44.9 Å². The Morgan fingerprint density at radius 3 is 2.90 bits per heavy atom. The Kier molecular flexibility index (Phi) is 3.01.